The molecular formula is C23H23NO2. The van der Waals surface area contributed by atoms with Crippen LogP contribution in [0, 0.1) is 0 Å². The number of hydrogen-bond acceptors (Lipinski definition) is 3. The van der Waals surface area contributed by atoms with Gasteiger partial charge in [-0.25, -0.2) is 0 Å². The second kappa shape index (κ2) is 7.22. The SMILES string of the molecule is CNCC1Cc2cc(-c3ccccc3)cc(-c3ccccc3OC)c2O1. The average Bonchev–Trinajstić information content (AvgIpc) is 3.10. The van der Waals surface area contributed by atoms with Crippen LogP contribution in [0.3, 0.4) is 0 Å². The Morgan fingerprint density at radius 3 is 2.50 bits per heavy atom. The summed E-state index contributed by atoms with van der Waals surface area (Å²) in [6.45, 7) is 0.834. The van der Waals surface area contributed by atoms with Gasteiger partial charge in [0.15, 0.2) is 0 Å². The Balaban J connectivity index is 1.88. The molecule has 0 amide bonds. The first-order valence-corrected chi connectivity index (χ1v) is 8.97. The normalized spacial score (nSPS) is 15.4. The van der Waals surface area contributed by atoms with Gasteiger partial charge in [0.25, 0.3) is 0 Å². The van der Waals surface area contributed by atoms with E-state index < -0.39 is 0 Å². The van der Waals surface area contributed by atoms with Gasteiger partial charge in [-0.3, -0.25) is 0 Å². The Labute approximate surface area is 154 Å². The number of ether oxygens (including phenoxy) is 2. The molecule has 1 heterocycles. The minimum Gasteiger partial charge on any atom is -0.496 e. The van der Waals surface area contributed by atoms with Gasteiger partial charge < -0.3 is 14.8 Å². The van der Waals surface area contributed by atoms with Crippen molar-refractivity contribution in [2.75, 3.05) is 20.7 Å². The molecule has 0 aliphatic carbocycles. The molecule has 0 bridgehead atoms. The van der Waals surface area contributed by atoms with Crippen LogP contribution in [-0.2, 0) is 6.42 Å². The van der Waals surface area contributed by atoms with Crippen molar-refractivity contribution in [2.45, 2.75) is 12.5 Å². The molecule has 1 aliphatic rings. The number of fused-ring (bicyclic) bond motifs is 1. The summed E-state index contributed by atoms with van der Waals surface area (Å²) >= 11 is 0. The van der Waals surface area contributed by atoms with Gasteiger partial charge in [0, 0.05) is 24.1 Å². The Bertz CT molecular complexity index is 905. The van der Waals surface area contributed by atoms with E-state index in [0.717, 1.165) is 35.6 Å². The maximum absolute atomic E-state index is 6.31. The highest BCUT2D eigenvalue weighted by atomic mass is 16.5. The fraction of sp³-hybridized carbons (Fsp3) is 0.217. The van der Waals surface area contributed by atoms with Gasteiger partial charge in [-0.15, -0.1) is 0 Å². The summed E-state index contributed by atoms with van der Waals surface area (Å²) in [7, 11) is 3.67. The van der Waals surface area contributed by atoms with Gasteiger partial charge in [-0.05, 0) is 41.9 Å². The van der Waals surface area contributed by atoms with E-state index in [-0.39, 0.29) is 6.10 Å². The maximum atomic E-state index is 6.31. The van der Waals surface area contributed by atoms with Crippen LogP contribution in [0.15, 0.2) is 66.7 Å². The van der Waals surface area contributed by atoms with Crippen molar-refractivity contribution in [3.63, 3.8) is 0 Å². The maximum Gasteiger partial charge on any atom is 0.131 e. The van der Waals surface area contributed by atoms with Crippen LogP contribution < -0.4 is 14.8 Å². The molecule has 0 saturated carbocycles. The Morgan fingerprint density at radius 1 is 0.962 bits per heavy atom. The predicted octanol–water partition coefficient (Wildman–Crippen LogP) is 4.55. The van der Waals surface area contributed by atoms with Crippen LogP contribution in [0.1, 0.15) is 5.56 Å². The quantitative estimate of drug-likeness (QED) is 0.736. The van der Waals surface area contributed by atoms with Crippen LogP contribution in [-0.4, -0.2) is 26.8 Å². The topological polar surface area (TPSA) is 30.5 Å². The molecule has 0 radical (unpaired) electrons. The second-order valence-corrected chi connectivity index (χ2v) is 6.58. The van der Waals surface area contributed by atoms with Gasteiger partial charge in [0.2, 0.25) is 0 Å². The summed E-state index contributed by atoms with van der Waals surface area (Å²) in [5, 5.41) is 3.22. The second-order valence-electron chi connectivity index (χ2n) is 6.58. The fourth-order valence-electron chi connectivity index (χ4n) is 3.64. The zero-order chi connectivity index (χ0) is 17.9. The number of nitrogens with one attached hydrogen (secondary N) is 1. The molecule has 1 unspecified atom stereocenters. The van der Waals surface area contributed by atoms with Gasteiger partial charge in [0.1, 0.15) is 17.6 Å². The highest BCUT2D eigenvalue weighted by molar-refractivity contribution is 5.83. The number of hydrogen-bond donors (Lipinski definition) is 1. The van der Waals surface area contributed by atoms with Crippen LogP contribution in [0.5, 0.6) is 11.5 Å². The van der Waals surface area contributed by atoms with E-state index in [0.29, 0.717) is 0 Å². The van der Waals surface area contributed by atoms with E-state index >= 15 is 0 Å². The van der Waals surface area contributed by atoms with Crippen molar-refractivity contribution < 1.29 is 9.47 Å². The predicted molar refractivity (Wildman–Crippen MR) is 106 cm³/mol. The van der Waals surface area contributed by atoms with Crippen molar-refractivity contribution in [3.8, 4) is 33.8 Å². The lowest BCUT2D eigenvalue weighted by Gasteiger charge is -2.15. The van der Waals surface area contributed by atoms with Gasteiger partial charge in [-0.2, -0.15) is 0 Å². The van der Waals surface area contributed by atoms with Crippen molar-refractivity contribution in [3.05, 3.63) is 72.3 Å². The average molecular weight is 345 g/mol. The van der Waals surface area contributed by atoms with E-state index in [2.05, 4.69) is 47.8 Å². The highest BCUT2D eigenvalue weighted by Crippen LogP contribution is 2.44. The number of rotatable bonds is 5. The number of likely N-dealkylation sites (N-methyl/N-ethyl adjacent to an activating group) is 1. The molecule has 3 aromatic rings. The number of benzene rings is 3. The van der Waals surface area contributed by atoms with Gasteiger partial charge >= 0.3 is 0 Å². The molecule has 0 fully saturated rings. The smallest absolute Gasteiger partial charge is 0.131 e. The zero-order valence-electron chi connectivity index (χ0n) is 15.2. The summed E-state index contributed by atoms with van der Waals surface area (Å²) in [5.41, 5.74) is 5.83. The monoisotopic (exact) mass is 345 g/mol. The molecule has 1 N–H and O–H groups in total. The standard InChI is InChI=1S/C23H23NO2/c1-24-15-19-13-18-12-17(16-8-4-3-5-9-16)14-21(23(18)26-19)20-10-6-7-11-22(20)25-2/h3-12,14,19,24H,13,15H2,1-2H3. The minimum absolute atomic E-state index is 0.162. The first-order valence-electron chi connectivity index (χ1n) is 8.97. The molecule has 3 nitrogen and oxygen atoms in total. The lowest BCUT2D eigenvalue weighted by Crippen LogP contribution is -2.27. The largest absolute Gasteiger partial charge is 0.496 e. The molecule has 132 valence electrons. The fourth-order valence-corrected chi connectivity index (χ4v) is 3.64. The lowest BCUT2D eigenvalue weighted by atomic mass is 9.94. The van der Waals surface area contributed by atoms with Gasteiger partial charge in [-0.1, -0.05) is 48.5 Å². The van der Waals surface area contributed by atoms with Crippen molar-refractivity contribution >= 4 is 0 Å². The molecule has 0 saturated heterocycles. The Hall–Kier alpha value is -2.78. The van der Waals surface area contributed by atoms with Crippen LogP contribution in [0.25, 0.3) is 22.3 Å². The summed E-state index contributed by atoms with van der Waals surface area (Å²) in [6.07, 6.45) is 1.08. The third-order valence-corrected chi connectivity index (χ3v) is 4.83. The molecule has 1 atom stereocenters. The molecule has 0 spiro atoms. The van der Waals surface area contributed by atoms with Crippen molar-refractivity contribution in [1.29, 1.82) is 0 Å². The van der Waals surface area contributed by atoms with Crippen molar-refractivity contribution in [2.24, 2.45) is 0 Å². The van der Waals surface area contributed by atoms with E-state index in [9.17, 15) is 0 Å². The number of para-hydroxylation sites is 1. The minimum atomic E-state index is 0.162. The molecule has 3 aromatic carbocycles. The first kappa shape index (κ1) is 16.7. The lowest BCUT2D eigenvalue weighted by molar-refractivity contribution is 0.232. The number of methoxy groups -OCH3 is 1. The summed E-state index contributed by atoms with van der Waals surface area (Å²) in [4.78, 5) is 0. The Morgan fingerprint density at radius 2 is 1.73 bits per heavy atom. The third-order valence-electron chi connectivity index (χ3n) is 4.83. The summed E-state index contributed by atoms with van der Waals surface area (Å²) < 4.78 is 11.9. The first-order chi connectivity index (χ1) is 12.8. The third kappa shape index (κ3) is 3.06. The molecule has 1 aliphatic heterocycles. The van der Waals surface area contributed by atoms with E-state index in [1.807, 2.05) is 31.3 Å². The molecule has 0 aromatic heterocycles. The van der Waals surface area contributed by atoms with E-state index in [4.69, 9.17) is 9.47 Å². The van der Waals surface area contributed by atoms with E-state index in [1.165, 1.54) is 16.7 Å². The molecule has 26 heavy (non-hydrogen) atoms. The Kier molecular flexibility index (Phi) is 4.63. The van der Waals surface area contributed by atoms with Crippen molar-refractivity contribution in [1.82, 2.24) is 5.32 Å². The summed E-state index contributed by atoms with van der Waals surface area (Å²) in [5.74, 6) is 1.84. The molecule has 3 heteroatoms. The highest BCUT2D eigenvalue weighted by Gasteiger charge is 2.27. The van der Waals surface area contributed by atoms with Crippen LogP contribution in [0.4, 0.5) is 0 Å². The molecule has 4 rings (SSSR count). The zero-order valence-corrected chi connectivity index (χ0v) is 15.2. The van der Waals surface area contributed by atoms with E-state index in [1.54, 1.807) is 7.11 Å². The van der Waals surface area contributed by atoms with Crippen LogP contribution in [0.2, 0.25) is 0 Å². The van der Waals surface area contributed by atoms with Crippen LogP contribution >= 0.6 is 0 Å². The summed E-state index contributed by atoms with van der Waals surface area (Å²) in [6, 6.07) is 23.1. The molecular weight excluding hydrogens is 322 g/mol. The van der Waals surface area contributed by atoms with Gasteiger partial charge in [0.05, 0.1) is 7.11 Å².